The van der Waals surface area contributed by atoms with Crippen LogP contribution in [0.5, 0.6) is 0 Å². The normalized spacial score (nSPS) is 10.7. The predicted molar refractivity (Wildman–Crippen MR) is 116 cm³/mol. The molecule has 0 unspecified atom stereocenters. The summed E-state index contributed by atoms with van der Waals surface area (Å²) in [4.78, 5) is 28.9. The van der Waals surface area contributed by atoms with Gasteiger partial charge >= 0.3 is 0 Å². The van der Waals surface area contributed by atoms with Crippen molar-refractivity contribution in [2.45, 2.75) is 6.54 Å². The van der Waals surface area contributed by atoms with Gasteiger partial charge in [0, 0.05) is 35.1 Å². The number of carbonyl (C=O) groups is 2. The molecular weight excluding hydrogens is 409 g/mol. The van der Waals surface area contributed by atoms with Crippen LogP contribution in [-0.4, -0.2) is 16.8 Å². The third-order valence-electron chi connectivity index (χ3n) is 3.98. The summed E-state index contributed by atoms with van der Waals surface area (Å²) >= 11 is 12.0. The van der Waals surface area contributed by atoms with E-state index in [-0.39, 0.29) is 11.8 Å². The van der Waals surface area contributed by atoms with Gasteiger partial charge in [-0.05, 0) is 47.5 Å². The number of halogens is 2. The highest BCUT2D eigenvalue weighted by Crippen LogP contribution is 2.22. The van der Waals surface area contributed by atoms with Gasteiger partial charge in [0.2, 0.25) is 5.91 Å². The minimum Gasteiger partial charge on any atom is -0.348 e. The van der Waals surface area contributed by atoms with Gasteiger partial charge in [0.05, 0.1) is 11.3 Å². The molecule has 1 heterocycles. The first-order chi connectivity index (χ1) is 14.0. The Morgan fingerprint density at radius 3 is 2.62 bits per heavy atom. The molecule has 0 atom stereocenters. The van der Waals surface area contributed by atoms with Crippen molar-refractivity contribution in [1.82, 2.24) is 10.3 Å². The molecule has 0 saturated heterocycles. The van der Waals surface area contributed by atoms with Crippen molar-refractivity contribution in [3.8, 4) is 0 Å². The van der Waals surface area contributed by atoms with Gasteiger partial charge in [0.25, 0.3) is 5.91 Å². The highest BCUT2D eigenvalue weighted by Gasteiger charge is 2.12. The fraction of sp³-hybridized carbons (Fsp3) is 0.0455. The second-order valence-corrected chi connectivity index (χ2v) is 6.92. The van der Waals surface area contributed by atoms with Crippen LogP contribution >= 0.6 is 23.2 Å². The van der Waals surface area contributed by atoms with Gasteiger partial charge in [0.1, 0.15) is 0 Å². The Bertz CT molecular complexity index is 1050. The lowest BCUT2D eigenvalue weighted by atomic mass is 10.1. The molecule has 0 fully saturated rings. The van der Waals surface area contributed by atoms with E-state index in [1.807, 2.05) is 6.07 Å². The van der Waals surface area contributed by atoms with Gasteiger partial charge < -0.3 is 10.6 Å². The van der Waals surface area contributed by atoms with Crippen LogP contribution in [0.15, 0.2) is 73.1 Å². The minimum atomic E-state index is -0.386. The molecule has 2 amide bonds. The fourth-order valence-electron chi connectivity index (χ4n) is 2.55. The van der Waals surface area contributed by atoms with Gasteiger partial charge in [-0.2, -0.15) is 0 Å². The number of hydrogen-bond acceptors (Lipinski definition) is 3. The van der Waals surface area contributed by atoms with Crippen LogP contribution < -0.4 is 10.6 Å². The summed E-state index contributed by atoms with van der Waals surface area (Å²) in [6.45, 7) is 0.337. The first-order valence-corrected chi connectivity index (χ1v) is 9.49. The van der Waals surface area contributed by atoms with Crippen LogP contribution in [0, 0.1) is 0 Å². The third kappa shape index (κ3) is 5.91. The lowest BCUT2D eigenvalue weighted by molar-refractivity contribution is -0.111. The van der Waals surface area contributed by atoms with Crippen LogP contribution in [0.4, 0.5) is 5.69 Å². The number of hydrogen-bond donors (Lipinski definition) is 2. The Morgan fingerprint density at radius 2 is 1.86 bits per heavy atom. The molecule has 7 heteroatoms. The van der Waals surface area contributed by atoms with E-state index in [1.165, 1.54) is 6.08 Å². The molecule has 2 N–H and O–H groups in total. The summed E-state index contributed by atoms with van der Waals surface area (Å²) in [5, 5.41) is 6.50. The fourth-order valence-corrected chi connectivity index (χ4v) is 3.02. The average molecular weight is 426 g/mol. The average Bonchev–Trinajstić information content (AvgIpc) is 2.72. The van der Waals surface area contributed by atoms with Gasteiger partial charge in [-0.1, -0.05) is 47.5 Å². The van der Waals surface area contributed by atoms with Crippen LogP contribution in [0.1, 0.15) is 21.5 Å². The highest BCUT2D eigenvalue weighted by atomic mass is 35.5. The van der Waals surface area contributed by atoms with Crippen LogP contribution in [0.25, 0.3) is 6.08 Å². The topological polar surface area (TPSA) is 71.1 Å². The number of pyridine rings is 1. The van der Waals surface area contributed by atoms with E-state index in [0.717, 1.165) is 5.56 Å². The summed E-state index contributed by atoms with van der Waals surface area (Å²) in [6, 6.07) is 15.5. The summed E-state index contributed by atoms with van der Waals surface area (Å²) in [5.41, 5.74) is 2.31. The van der Waals surface area contributed by atoms with Crippen molar-refractivity contribution < 1.29 is 9.59 Å². The number of anilines is 1. The number of nitrogens with one attached hydrogen (secondary N) is 2. The number of benzene rings is 2. The molecule has 0 spiro atoms. The van der Waals surface area contributed by atoms with E-state index in [9.17, 15) is 9.59 Å². The largest absolute Gasteiger partial charge is 0.348 e. The van der Waals surface area contributed by atoms with Crippen molar-refractivity contribution in [2.75, 3.05) is 5.32 Å². The molecule has 5 nitrogen and oxygen atoms in total. The first-order valence-electron chi connectivity index (χ1n) is 8.73. The second-order valence-electron chi connectivity index (χ2n) is 6.08. The SMILES string of the molecule is O=C(C=Cc1ccc(Cl)cc1Cl)Nc1ccccc1C(=O)NCc1cccnc1. The molecular formula is C22H17Cl2N3O2. The Labute approximate surface area is 178 Å². The van der Waals surface area contributed by atoms with Crippen LogP contribution in [0.3, 0.4) is 0 Å². The zero-order chi connectivity index (χ0) is 20.6. The molecule has 0 saturated carbocycles. The van der Waals surface area contributed by atoms with E-state index in [1.54, 1.807) is 67.0 Å². The molecule has 0 radical (unpaired) electrons. The lowest BCUT2D eigenvalue weighted by Gasteiger charge is -2.10. The predicted octanol–water partition coefficient (Wildman–Crippen LogP) is 4.97. The Kier molecular flexibility index (Phi) is 7.00. The van der Waals surface area contributed by atoms with Crippen molar-refractivity contribution >= 4 is 46.8 Å². The summed E-state index contributed by atoms with van der Waals surface area (Å²) < 4.78 is 0. The molecule has 2 aromatic carbocycles. The van der Waals surface area contributed by atoms with E-state index in [0.29, 0.717) is 33.4 Å². The van der Waals surface area contributed by atoms with Gasteiger partial charge in [0.15, 0.2) is 0 Å². The minimum absolute atomic E-state index is 0.297. The van der Waals surface area contributed by atoms with Gasteiger partial charge in [-0.15, -0.1) is 0 Å². The molecule has 0 aliphatic rings. The molecule has 0 aliphatic heterocycles. The Morgan fingerprint density at radius 1 is 1.03 bits per heavy atom. The van der Waals surface area contributed by atoms with Crippen LogP contribution in [-0.2, 0) is 11.3 Å². The van der Waals surface area contributed by atoms with Crippen molar-refractivity contribution in [2.24, 2.45) is 0 Å². The summed E-state index contributed by atoms with van der Waals surface area (Å²) in [6.07, 6.45) is 6.28. The highest BCUT2D eigenvalue weighted by molar-refractivity contribution is 6.35. The van der Waals surface area contributed by atoms with Gasteiger partial charge in [-0.3, -0.25) is 14.6 Å². The van der Waals surface area contributed by atoms with Crippen molar-refractivity contribution in [1.29, 1.82) is 0 Å². The number of amides is 2. The lowest BCUT2D eigenvalue weighted by Crippen LogP contribution is -2.24. The molecule has 1 aromatic heterocycles. The van der Waals surface area contributed by atoms with Gasteiger partial charge in [-0.25, -0.2) is 0 Å². The van der Waals surface area contributed by atoms with E-state index in [4.69, 9.17) is 23.2 Å². The number of para-hydroxylation sites is 1. The maximum atomic E-state index is 12.5. The zero-order valence-electron chi connectivity index (χ0n) is 15.2. The number of carbonyl (C=O) groups excluding carboxylic acids is 2. The smallest absolute Gasteiger partial charge is 0.253 e. The van der Waals surface area contributed by atoms with E-state index >= 15 is 0 Å². The first kappa shape index (κ1) is 20.6. The number of aromatic nitrogens is 1. The molecule has 3 aromatic rings. The van der Waals surface area contributed by atoms with E-state index in [2.05, 4.69) is 15.6 Å². The summed E-state index contributed by atoms with van der Waals surface area (Å²) in [5.74, 6) is -0.682. The summed E-state index contributed by atoms with van der Waals surface area (Å²) in [7, 11) is 0. The molecule has 3 rings (SSSR count). The molecule has 29 heavy (non-hydrogen) atoms. The third-order valence-corrected chi connectivity index (χ3v) is 4.54. The van der Waals surface area contributed by atoms with E-state index < -0.39 is 0 Å². The molecule has 0 aliphatic carbocycles. The molecule has 0 bridgehead atoms. The quantitative estimate of drug-likeness (QED) is 0.547. The zero-order valence-corrected chi connectivity index (χ0v) is 16.7. The second kappa shape index (κ2) is 9.87. The number of rotatable bonds is 6. The van der Waals surface area contributed by atoms with Crippen LogP contribution in [0.2, 0.25) is 10.0 Å². The Balaban J connectivity index is 1.67. The number of nitrogens with zero attached hydrogens (tertiary/aromatic N) is 1. The monoisotopic (exact) mass is 425 g/mol. The standard InChI is InChI=1S/C22H17Cl2N3O2/c23-17-9-7-16(19(24)12-17)8-10-21(28)27-20-6-2-1-5-18(20)22(29)26-14-15-4-3-11-25-13-15/h1-13H,14H2,(H,26,29)(H,27,28). The van der Waals surface area contributed by atoms with Crippen molar-refractivity contribution in [3.63, 3.8) is 0 Å². The van der Waals surface area contributed by atoms with Crippen molar-refractivity contribution in [3.05, 3.63) is 99.8 Å². The molecule has 146 valence electrons. The Hall–Kier alpha value is -3.15. The maximum absolute atomic E-state index is 12.5. The maximum Gasteiger partial charge on any atom is 0.253 e.